The lowest BCUT2D eigenvalue weighted by atomic mass is 10.1. The number of methoxy groups -OCH3 is 2. The molecule has 0 saturated heterocycles. The Kier molecular flexibility index (Phi) is 4.84. The Labute approximate surface area is 131 Å². The minimum absolute atomic E-state index is 0.234. The highest BCUT2D eigenvalue weighted by Gasteiger charge is 2.13. The van der Waals surface area contributed by atoms with Gasteiger partial charge in [0.05, 0.1) is 19.8 Å². The zero-order valence-corrected chi connectivity index (χ0v) is 13.3. The summed E-state index contributed by atoms with van der Waals surface area (Å²) >= 11 is 2.20. The fourth-order valence-electron chi connectivity index (χ4n) is 1.76. The van der Waals surface area contributed by atoms with E-state index in [1.165, 1.54) is 7.11 Å². The summed E-state index contributed by atoms with van der Waals surface area (Å²) in [6.07, 6.45) is 0. The highest BCUT2D eigenvalue weighted by atomic mass is 127. The number of carbonyl (C=O) groups excluding carboxylic acids is 1. The van der Waals surface area contributed by atoms with Crippen molar-refractivity contribution in [2.24, 2.45) is 0 Å². The van der Waals surface area contributed by atoms with Gasteiger partial charge in [-0.3, -0.25) is 4.79 Å². The third-order valence-electron chi connectivity index (χ3n) is 2.73. The summed E-state index contributed by atoms with van der Waals surface area (Å²) in [7, 11) is 3.09. The second kappa shape index (κ2) is 6.60. The molecule has 2 aromatic carbocycles. The summed E-state index contributed by atoms with van der Waals surface area (Å²) in [6.45, 7) is 0. The normalized spacial score (nSPS) is 9.95. The van der Waals surface area contributed by atoms with Gasteiger partial charge in [0.15, 0.2) is 0 Å². The third kappa shape index (κ3) is 3.41. The fraction of sp³-hybridized carbons (Fsp3) is 0.133. The van der Waals surface area contributed by atoms with Gasteiger partial charge in [-0.15, -0.1) is 0 Å². The Morgan fingerprint density at radius 1 is 1.10 bits per heavy atom. The maximum Gasteiger partial charge on any atom is 0.259 e. The number of benzene rings is 2. The quantitative estimate of drug-likeness (QED) is 0.822. The van der Waals surface area contributed by atoms with Crippen LogP contribution < -0.4 is 14.8 Å². The molecular formula is C15H14INO3. The van der Waals surface area contributed by atoms with Gasteiger partial charge in [-0.1, -0.05) is 6.07 Å². The van der Waals surface area contributed by atoms with Crippen LogP contribution in [0.2, 0.25) is 0 Å². The lowest BCUT2D eigenvalue weighted by molar-refractivity contribution is 0.102. The van der Waals surface area contributed by atoms with Gasteiger partial charge in [0.1, 0.15) is 11.5 Å². The van der Waals surface area contributed by atoms with Crippen LogP contribution in [-0.2, 0) is 0 Å². The van der Waals surface area contributed by atoms with E-state index in [9.17, 15) is 4.79 Å². The summed E-state index contributed by atoms with van der Waals surface area (Å²) in [4.78, 5) is 12.3. The first-order valence-electron chi connectivity index (χ1n) is 5.93. The van der Waals surface area contributed by atoms with Crippen LogP contribution in [0.5, 0.6) is 11.5 Å². The van der Waals surface area contributed by atoms with Crippen molar-refractivity contribution in [2.75, 3.05) is 19.5 Å². The van der Waals surface area contributed by atoms with Crippen molar-refractivity contribution in [3.8, 4) is 11.5 Å². The van der Waals surface area contributed by atoms with Gasteiger partial charge in [0, 0.05) is 9.26 Å². The molecular weight excluding hydrogens is 369 g/mol. The maximum atomic E-state index is 12.3. The molecule has 0 aromatic heterocycles. The number of amides is 1. The molecule has 104 valence electrons. The Hall–Kier alpha value is -1.76. The largest absolute Gasteiger partial charge is 0.497 e. The second-order valence-corrected chi connectivity index (χ2v) is 5.28. The monoisotopic (exact) mass is 383 g/mol. The van der Waals surface area contributed by atoms with E-state index in [1.807, 2.05) is 24.3 Å². The Bertz CT molecular complexity index is 628. The molecule has 0 saturated carbocycles. The van der Waals surface area contributed by atoms with Crippen molar-refractivity contribution in [3.05, 3.63) is 51.6 Å². The van der Waals surface area contributed by atoms with Crippen LogP contribution in [0.4, 0.5) is 5.69 Å². The van der Waals surface area contributed by atoms with Gasteiger partial charge in [0.2, 0.25) is 0 Å². The highest BCUT2D eigenvalue weighted by Crippen LogP contribution is 2.25. The van der Waals surface area contributed by atoms with Crippen molar-refractivity contribution < 1.29 is 14.3 Å². The van der Waals surface area contributed by atoms with E-state index in [2.05, 4.69) is 27.9 Å². The number of hydrogen-bond acceptors (Lipinski definition) is 3. The summed E-state index contributed by atoms with van der Waals surface area (Å²) in [5, 5.41) is 2.85. The molecule has 0 radical (unpaired) electrons. The van der Waals surface area contributed by atoms with E-state index in [-0.39, 0.29) is 5.91 Å². The molecule has 0 spiro atoms. The second-order valence-electron chi connectivity index (χ2n) is 4.03. The number of hydrogen-bond donors (Lipinski definition) is 1. The van der Waals surface area contributed by atoms with Crippen molar-refractivity contribution in [2.45, 2.75) is 0 Å². The molecule has 0 aliphatic rings. The molecule has 0 fully saturated rings. The predicted molar refractivity (Wildman–Crippen MR) is 86.7 cm³/mol. The molecule has 1 amide bonds. The Balaban J connectivity index is 2.28. The van der Waals surface area contributed by atoms with E-state index < -0.39 is 0 Å². The van der Waals surface area contributed by atoms with E-state index in [0.29, 0.717) is 17.1 Å². The minimum atomic E-state index is -0.234. The molecule has 5 heteroatoms. The molecule has 2 rings (SSSR count). The zero-order valence-electron chi connectivity index (χ0n) is 11.1. The van der Waals surface area contributed by atoms with Crippen LogP contribution in [0, 0.1) is 3.57 Å². The third-order valence-corrected chi connectivity index (χ3v) is 3.40. The standard InChI is InChI=1S/C15H14INO3/c1-19-12-6-7-14(20-2)13(9-12)15(18)17-11-5-3-4-10(16)8-11/h3-9H,1-2H3,(H,17,18). The van der Waals surface area contributed by atoms with Gasteiger partial charge >= 0.3 is 0 Å². The topological polar surface area (TPSA) is 47.6 Å². The van der Waals surface area contributed by atoms with Crippen molar-refractivity contribution in [3.63, 3.8) is 0 Å². The van der Waals surface area contributed by atoms with Crippen molar-refractivity contribution in [1.29, 1.82) is 0 Å². The Morgan fingerprint density at radius 2 is 1.90 bits per heavy atom. The van der Waals surface area contributed by atoms with Gasteiger partial charge in [-0.2, -0.15) is 0 Å². The average Bonchev–Trinajstić information content (AvgIpc) is 2.46. The minimum Gasteiger partial charge on any atom is -0.497 e. The van der Waals surface area contributed by atoms with Gasteiger partial charge in [-0.25, -0.2) is 0 Å². The maximum absolute atomic E-state index is 12.3. The number of nitrogens with one attached hydrogen (secondary N) is 1. The van der Waals surface area contributed by atoms with E-state index in [0.717, 1.165) is 9.26 Å². The van der Waals surface area contributed by atoms with Gasteiger partial charge < -0.3 is 14.8 Å². The summed E-state index contributed by atoms with van der Waals surface area (Å²) < 4.78 is 11.4. The van der Waals surface area contributed by atoms with Crippen LogP contribution in [0.1, 0.15) is 10.4 Å². The average molecular weight is 383 g/mol. The smallest absolute Gasteiger partial charge is 0.259 e. The molecule has 0 bridgehead atoms. The fourth-order valence-corrected chi connectivity index (χ4v) is 2.30. The number of anilines is 1. The van der Waals surface area contributed by atoms with Crippen molar-refractivity contribution in [1.82, 2.24) is 0 Å². The first-order chi connectivity index (χ1) is 9.63. The van der Waals surface area contributed by atoms with Crippen LogP contribution in [0.25, 0.3) is 0 Å². The molecule has 2 aromatic rings. The number of halogens is 1. The predicted octanol–water partition coefficient (Wildman–Crippen LogP) is 3.56. The lowest BCUT2D eigenvalue weighted by Gasteiger charge is -2.11. The van der Waals surface area contributed by atoms with Crippen LogP contribution in [0.15, 0.2) is 42.5 Å². The van der Waals surface area contributed by atoms with Crippen LogP contribution in [-0.4, -0.2) is 20.1 Å². The number of rotatable bonds is 4. The highest BCUT2D eigenvalue weighted by molar-refractivity contribution is 14.1. The van der Waals surface area contributed by atoms with Crippen LogP contribution in [0.3, 0.4) is 0 Å². The summed E-state index contributed by atoms with van der Waals surface area (Å²) in [6, 6.07) is 12.7. The van der Waals surface area contributed by atoms with Crippen LogP contribution >= 0.6 is 22.6 Å². The first-order valence-corrected chi connectivity index (χ1v) is 7.01. The molecule has 4 nitrogen and oxygen atoms in total. The van der Waals surface area contributed by atoms with Crippen molar-refractivity contribution >= 4 is 34.2 Å². The SMILES string of the molecule is COc1ccc(OC)c(C(=O)Nc2cccc(I)c2)c1. The first kappa shape index (κ1) is 14.6. The van der Waals surface area contributed by atoms with E-state index in [1.54, 1.807) is 25.3 Å². The van der Waals surface area contributed by atoms with Gasteiger partial charge in [-0.05, 0) is 59.0 Å². The number of ether oxygens (including phenoxy) is 2. The van der Waals surface area contributed by atoms with E-state index in [4.69, 9.17) is 9.47 Å². The summed E-state index contributed by atoms with van der Waals surface area (Å²) in [5.41, 5.74) is 1.18. The molecule has 0 unspecified atom stereocenters. The lowest BCUT2D eigenvalue weighted by Crippen LogP contribution is -2.13. The Morgan fingerprint density at radius 3 is 2.55 bits per heavy atom. The number of carbonyl (C=O) groups is 1. The van der Waals surface area contributed by atoms with E-state index >= 15 is 0 Å². The molecule has 0 atom stereocenters. The zero-order chi connectivity index (χ0) is 14.5. The molecule has 0 aliphatic carbocycles. The molecule has 1 N–H and O–H groups in total. The van der Waals surface area contributed by atoms with Gasteiger partial charge in [0.25, 0.3) is 5.91 Å². The molecule has 0 aliphatic heterocycles. The summed E-state index contributed by atoms with van der Waals surface area (Å²) in [5.74, 6) is 0.885. The molecule has 0 heterocycles. The molecule has 20 heavy (non-hydrogen) atoms.